The molecule has 0 aliphatic heterocycles. The molecule has 2 N–H and O–H groups in total. The first kappa shape index (κ1) is 19.9. The van der Waals surface area contributed by atoms with Gasteiger partial charge in [0.15, 0.2) is 0 Å². The molecule has 0 saturated carbocycles. The number of sulfonamides is 1. The van der Waals surface area contributed by atoms with E-state index >= 15 is 0 Å². The van der Waals surface area contributed by atoms with Crippen LogP contribution >= 0.6 is 0 Å². The third-order valence-electron chi connectivity index (χ3n) is 3.45. The molecule has 0 fully saturated rings. The minimum atomic E-state index is -3.76. The van der Waals surface area contributed by atoms with Crippen LogP contribution in [-0.2, 0) is 14.8 Å². The Labute approximate surface area is 152 Å². The maximum absolute atomic E-state index is 12.8. The number of aryl methyl sites for hydroxylation is 1. The fraction of sp³-hybridized carbons (Fsp3) is 0.278. The van der Waals surface area contributed by atoms with Crippen LogP contribution in [0.15, 0.2) is 53.4 Å². The standard InChI is InChI=1S/C18H21FN2O4S/c1-14-3-2-4-16(13-14)25-12-11-20-18(22)9-10-21-26(23,24)17-7-5-15(19)6-8-17/h2-8,13,21H,9-12H2,1H3,(H,20,22). The van der Waals surface area contributed by atoms with Crippen LogP contribution in [0.2, 0.25) is 0 Å². The highest BCUT2D eigenvalue weighted by Gasteiger charge is 2.14. The van der Waals surface area contributed by atoms with Gasteiger partial charge in [-0.25, -0.2) is 17.5 Å². The lowest BCUT2D eigenvalue weighted by atomic mass is 10.2. The van der Waals surface area contributed by atoms with Crippen molar-refractivity contribution in [2.45, 2.75) is 18.2 Å². The average molecular weight is 380 g/mol. The van der Waals surface area contributed by atoms with Gasteiger partial charge >= 0.3 is 0 Å². The summed E-state index contributed by atoms with van der Waals surface area (Å²) >= 11 is 0. The molecule has 2 aromatic carbocycles. The van der Waals surface area contributed by atoms with E-state index in [1.54, 1.807) is 0 Å². The van der Waals surface area contributed by atoms with Crippen LogP contribution < -0.4 is 14.8 Å². The highest BCUT2D eigenvalue weighted by Crippen LogP contribution is 2.12. The molecule has 6 nitrogen and oxygen atoms in total. The Morgan fingerprint density at radius 3 is 2.54 bits per heavy atom. The van der Waals surface area contributed by atoms with Crippen molar-refractivity contribution in [3.63, 3.8) is 0 Å². The summed E-state index contributed by atoms with van der Waals surface area (Å²) in [6.07, 6.45) is -0.00906. The zero-order valence-corrected chi connectivity index (χ0v) is 15.2. The second kappa shape index (κ2) is 9.30. The second-order valence-corrected chi connectivity index (χ2v) is 7.38. The Bertz CT molecular complexity index is 839. The quantitative estimate of drug-likeness (QED) is 0.652. The lowest BCUT2D eigenvalue weighted by Crippen LogP contribution is -2.32. The van der Waals surface area contributed by atoms with Gasteiger partial charge < -0.3 is 10.1 Å². The molecular formula is C18H21FN2O4S. The molecule has 0 aliphatic carbocycles. The molecule has 1 amide bonds. The zero-order chi connectivity index (χ0) is 19.0. The van der Waals surface area contributed by atoms with Crippen LogP contribution in [0.4, 0.5) is 4.39 Å². The summed E-state index contributed by atoms with van der Waals surface area (Å²) in [6.45, 7) is 2.54. The van der Waals surface area contributed by atoms with Gasteiger partial charge in [0.2, 0.25) is 15.9 Å². The summed E-state index contributed by atoms with van der Waals surface area (Å²) in [4.78, 5) is 11.7. The van der Waals surface area contributed by atoms with Crippen molar-refractivity contribution in [1.29, 1.82) is 0 Å². The normalized spacial score (nSPS) is 11.2. The highest BCUT2D eigenvalue weighted by molar-refractivity contribution is 7.89. The van der Waals surface area contributed by atoms with E-state index in [2.05, 4.69) is 10.0 Å². The van der Waals surface area contributed by atoms with Gasteiger partial charge in [0.1, 0.15) is 18.2 Å². The van der Waals surface area contributed by atoms with Crippen molar-refractivity contribution >= 4 is 15.9 Å². The van der Waals surface area contributed by atoms with Crippen molar-refractivity contribution < 1.29 is 22.3 Å². The molecule has 0 spiro atoms. The Morgan fingerprint density at radius 1 is 1.12 bits per heavy atom. The number of halogens is 1. The summed E-state index contributed by atoms with van der Waals surface area (Å²) in [5.41, 5.74) is 1.08. The third kappa shape index (κ3) is 6.45. The molecule has 2 aromatic rings. The fourth-order valence-corrected chi connectivity index (χ4v) is 3.18. The molecule has 0 radical (unpaired) electrons. The monoisotopic (exact) mass is 380 g/mol. The fourth-order valence-electron chi connectivity index (χ4n) is 2.15. The molecule has 0 atom stereocenters. The van der Waals surface area contributed by atoms with Crippen LogP contribution in [0, 0.1) is 12.7 Å². The number of hydrogen-bond donors (Lipinski definition) is 2. The van der Waals surface area contributed by atoms with E-state index in [0.717, 1.165) is 23.4 Å². The number of rotatable bonds is 9. The van der Waals surface area contributed by atoms with Crippen molar-refractivity contribution in [1.82, 2.24) is 10.0 Å². The predicted octanol–water partition coefficient (Wildman–Crippen LogP) is 2.00. The summed E-state index contributed by atoms with van der Waals surface area (Å²) in [7, 11) is -3.76. The van der Waals surface area contributed by atoms with Crippen molar-refractivity contribution in [2.75, 3.05) is 19.7 Å². The van der Waals surface area contributed by atoms with Crippen LogP contribution in [-0.4, -0.2) is 34.0 Å². The summed E-state index contributed by atoms with van der Waals surface area (Å²) in [5, 5.41) is 2.65. The van der Waals surface area contributed by atoms with Gasteiger partial charge in [0.25, 0.3) is 0 Å². The smallest absolute Gasteiger partial charge is 0.240 e. The first-order valence-corrected chi connectivity index (χ1v) is 9.56. The topological polar surface area (TPSA) is 84.5 Å². The number of hydrogen-bond acceptors (Lipinski definition) is 4. The van der Waals surface area contributed by atoms with Crippen molar-refractivity contribution in [3.05, 3.63) is 59.9 Å². The van der Waals surface area contributed by atoms with E-state index in [9.17, 15) is 17.6 Å². The van der Waals surface area contributed by atoms with Gasteiger partial charge in [-0.2, -0.15) is 0 Å². The Balaban J connectivity index is 1.66. The first-order valence-electron chi connectivity index (χ1n) is 8.08. The lowest BCUT2D eigenvalue weighted by Gasteiger charge is -2.09. The van der Waals surface area contributed by atoms with E-state index in [1.807, 2.05) is 31.2 Å². The minimum Gasteiger partial charge on any atom is -0.492 e. The molecule has 8 heteroatoms. The minimum absolute atomic E-state index is 0.00906. The van der Waals surface area contributed by atoms with Crippen LogP contribution in [0.5, 0.6) is 5.75 Å². The van der Waals surface area contributed by atoms with E-state index in [-0.39, 0.29) is 23.8 Å². The second-order valence-electron chi connectivity index (χ2n) is 5.62. The largest absolute Gasteiger partial charge is 0.492 e. The number of benzene rings is 2. The molecule has 2 rings (SSSR count). The lowest BCUT2D eigenvalue weighted by molar-refractivity contribution is -0.121. The van der Waals surface area contributed by atoms with Gasteiger partial charge in [-0.3, -0.25) is 4.79 Å². The molecule has 0 heterocycles. The summed E-state index contributed by atoms with van der Waals surface area (Å²) in [6, 6.07) is 12.0. The Kier molecular flexibility index (Phi) is 7.11. The Hall–Kier alpha value is -2.45. The predicted molar refractivity (Wildman–Crippen MR) is 95.9 cm³/mol. The number of ether oxygens (including phenoxy) is 1. The molecule has 0 aromatic heterocycles. The van der Waals surface area contributed by atoms with E-state index in [1.165, 1.54) is 12.1 Å². The van der Waals surface area contributed by atoms with Gasteiger partial charge in [0.05, 0.1) is 11.4 Å². The van der Waals surface area contributed by atoms with Crippen LogP contribution in [0.1, 0.15) is 12.0 Å². The maximum Gasteiger partial charge on any atom is 0.240 e. The molecule has 0 unspecified atom stereocenters. The zero-order valence-electron chi connectivity index (χ0n) is 14.4. The summed E-state index contributed by atoms with van der Waals surface area (Å²) in [5.74, 6) is -0.0813. The van der Waals surface area contributed by atoms with Gasteiger partial charge in [-0.05, 0) is 48.9 Å². The van der Waals surface area contributed by atoms with E-state index in [0.29, 0.717) is 13.2 Å². The molecular weight excluding hydrogens is 359 g/mol. The third-order valence-corrected chi connectivity index (χ3v) is 4.93. The highest BCUT2D eigenvalue weighted by atomic mass is 32.2. The molecule has 0 bridgehead atoms. The number of nitrogens with one attached hydrogen (secondary N) is 2. The van der Waals surface area contributed by atoms with E-state index < -0.39 is 15.8 Å². The summed E-state index contributed by atoms with van der Waals surface area (Å²) < 4.78 is 44.6. The Morgan fingerprint density at radius 2 is 1.85 bits per heavy atom. The van der Waals surface area contributed by atoms with E-state index in [4.69, 9.17) is 4.74 Å². The van der Waals surface area contributed by atoms with Gasteiger partial charge in [-0.15, -0.1) is 0 Å². The molecule has 140 valence electrons. The van der Waals surface area contributed by atoms with Crippen molar-refractivity contribution in [2.24, 2.45) is 0 Å². The first-order chi connectivity index (χ1) is 12.4. The molecule has 0 saturated heterocycles. The SMILES string of the molecule is Cc1cccc(OCCNC(=O)CCNS(=O)(=O)c2ccc(F)cc2)c1. The molecule has 0 aliphatic rings. The number of carbonyl (C=O) groups is 1. The van der Waals surface area contributed by atoms with Gasteiger partial charge in [0, 0.05) is 13.0 Å². The van der Waals surface area contributed by atoms with Crippen molar-refractivity contribution in [3.8, 4) is 5.75 Å². The molecule has 26 heavy (non-hydrogen) atoms. The van der Waals surface area contributed by atoms with Gasteiger partial charge in [-0.1, -0.05) is 12.1 Å². The van der Waals surface area contributed by atoms with Crippen LogP contribution in [0.25, 0.3) is 0 Å². The average Bonchev–Trinajstić information content (AvgIpc) is 2.59. The number of carbonyl (C=O) groups excluding carboxylic acids is 1. The van der Waals surface area contributed by atoms with Crippen LogP contribution in [0.3, 0.4) is 0 Å². The maximum atomic E-state index is 12.8. The number of amides is 1.